The maximum absolute atomic E-state index is 13.3. The Morgan fingerprint density at radius 3 is 3.16 bits per heavy atom. The molecule has 2 aliphatic rings. The van der Waals surface area contributed by atoms with Crippen molar-refractivity contribution in [2.75, 3.05) is 23.4 Å². The lowest BCUT2D eigenvalue weighted by molar-refractivity contribution is -0.0628. The zero-order chi connectivity index (χ0) is 13.3. The Morgan fingerprint density at radius 1 is 1.47 bits per heavy atom. The SMILES string of the molecule is Fc1ccc(Cl)c(NC2CCOC3(CCSC3)C2)c1. The van der Waals surface area contributed by atoms with Crippen LogP contribution >= 0.6 is 23.4 Å². The van der Waals surface area contributed by atoms with Gasteiger partial charge in [-0.15, -0.1) is 0 Å². The summed E-state index contributed by atoms with van der Waals surface area (Å²) in [6.45, 7) is 0.769. The summed E-state index contributed by atoms with van der Waals surface area (Å²) in [4.78, 5) is 0. The lowest BCUT2D eigenvalue weighted by Gasteiger charge is -2.38. The molecule has 2 atom stereocenters. The van der Waals surface area contributed by atoms with Crippen molar-refractivity contribution in [2.45, 2.75) is 30.9 Å². The molecule has 2 heterocycles. The van der Waals surface area contributed by atoms with Gasteiger partial charge in [0.1, 0.15) is 5.82 Å². The van der Waals surface area contributed by atoms with Crippen molar-refractivity contribution in [3.63, 3.8) is 0 Å². The zero-order valence-corrected chi connectivity index (χ0v) is 12.2. The number of ether oxygens (including phenoxy) is 1. The summed E-state index contributed by atoms with van der Waals surface area (Å²) in [5, 5.41) is 3.95. The summed E-state index contributed by atoms with van der Waals surface area (Å²) < 4.78 is 19.2. The van der Waals surface area contributed by atoms with Gasteiger partial charge >= 0.3 is 0 Å². The molecule has 5 heteroatoms. The number of rotatable bonds is 2. The van der Waals surface area contributed by atoms with Crippen LogP contribution in [0.3, 0.4) is 0 Å². The van der Waals surface area contributed by atoms with Crippen LogP contribution in [0.15, 0.2) is 18.2 Å². The van der Waals surface area contributed by atoms with Gasteiger partial charge in [-0.2, -0.15) is 11.8 Å². The number of thioether (sulfide) groups is 1. The molecule has 2 saturated heterocycles. The molecule has 2 fully saturated rings. The fraction of sp³-hybridized carbons (Fsp3) is 0.571. The monoisotopic (exact) mass is 301 g/mol. The molecule has 2 nitrogen and oxygen atoms in total. The topological polar surface area (TPSA) is 21.3 Å². The predicted molar refractivity (Wildman–Crippen MR) is 78.7 cm³/mol. The number of hydrogen-bond acceptors (Lipinski definition) is 3. The van der Waals surface area contributed by atoms with E-state index >= 15 is 0 Å². The summed E-state index contributed by atoms with van der Waals surface area (Å²) in [6.07, 6.45) is 3.04. The Kier molecular flexibility index (Phi) is 3.92. The Hall–Kier alpha value is -0.450. The van der Waals surface area contributed by atoms with Gasteiger partial charge in [0.2, 0.25) is 0 Å². The van der Waals surface area contributed by atoms with Crippen molar-refractivity contribution >= 4 is 29.1 Å². The van der Waals surface area contributed by atoms with Crippen LogP contribution in [0.2, 0.25) is 5.02 Å². The number of nitrogens with one attached hydrogen (secondary N) is 1. The summed E-state index contributed by atoms with van der Waals surface area (Å²) in [5.74, 6) is 1.99. The minimum Gasteiger partial charge on any atom is -0.381 e. The van der Waals surface area contributed by atoms with Crippen molar-refractivity contribution < 1.29 is 9.13 Å². The summed E-state index contributed by atoms with van der Waals surface area (Å²) in [5.41, 5.74) is 0.717. The molecule has 0 saturated carbocycles. The normalized spacial score (nSPS) is 30.7. The van der Waals surface area contributed by atoms with Gasteiger partial charge in [-0.3, -0.25) is 0 Å². The molecule has 2 unspecified atom stereocenters. The Labute approximate surface area is 122 Å². The molecule has 0 aromatic heterocycles. The predicted octanol–water partition coefficient (Wildman–Crippen LogP) is 3.95. The van der Waals surface area contributed by atoms with Gasteiger partial charge < -0.3 is 10.1 Å². The number of halogens is 2. The largest absolute Gasteiger partial charge is 0.381 e. The van der Waals surface area contributed by atoms with Crippen molar-refractivity contribution in [3.8, 4) is 0 Å². The van der Waals surface area contributed by atoms with E-state index in [1.807, 2.05) is 11.8 Å². The Morgan fingerprint density at radius 2 is 2.37 bits per heavy atom. The molecule has 1 N–H and O–H groups in total. The first-order chi connectivity index (χ1) is 9.17. The fourth-order valence-corrected chi connectivity index (χ4v) is 4.39. The molecule has 2 aliphatic heterocycles. The van der Waals surface area contributed by atoms with E-state index in [2.05, 4.69) is 5.32 Å². The second kappa shape index (κ2) is 5.51. The van der Waals surface area contributed by atoms with Crippen LogP contribution in [-0.2, 0) is 4.74 Å². The van der Waals surface area contributed by atoms with Crippen LogP contribution in [0.25, 0.3) is 0 Å². The lowest BCUT2D eigenvalue weighted by atomic mass is 9.90. The van der Waals surface area contributed by atoms with Crippen LogP contribution in [-0.4, -0.2) is 29.8 Å². The van der Waals surface area contributed by atoms with Gasteiger partial charge in [-0.25, -0.2) is 4.39 Å². The summed E-state index contributed by atoms with van der Waals surface area (Å²) in [6, 6.07) is 4.76. The minimum atomic E-state index is -0.259. The average Bonchev–Trinajstić information content (AvgIpc) is 2.82. The first-order valence-electron chi connectivity index (χ1n) is 6.60. The number of anilines is 1. The molecule has 1 spiro atoms. The second-order valence-electron chi connectivity index (χ2n) is 5.29. The fourth-order valence-electron chi connectivity index (χ4n) is 2.84. The Bertz CT molecular complexity index is 465. The van der Waals surface area contributed by atoms with Crippen LogP contribution < -0.4 is 5.32 Å². The second-order valence-corrected chi connectivity index (χ2v) is 6.80. The summed E-state index contributed by atoms with van der Waals surface area (Å²) in [7, 11) is 0. The highest BCUT2D eigenvalue weighted by Gasteiger charge is 2.40. The molecule has 3 rings (SSSR count). The van der Waals surface area contributed by atoms with Crippen LogP contribution in [0.5, 0.6) is 0 Å². The first-order valence-corrected chi connectivity index (χ1v) is 8.13. The molecule has 1 aromatic carbocycles. The number of hydrogen-bond donors (Lipinski definition) is 1. The molecular weight excluding hydrogens is 285 g/mol. The Balaban J connectivity index is 1.70. The van der Waals surface area contributed by atoms with Gasteiger partial charge in [0.25, 0.3) is 0 Å². The highest BCUT2D eigenvalue weighted by molar-refractivity contribution is 7.99. The highest BCUT2D eigenvalue weighted by Crippen LogP contribution is 2.39. The third-order valence-electron chi connectivity index (χ3n) is 3.85. The maximum atomic E-state index is 13.3. The standard InChI is InChI=1S/C14H17ClFNOS/c15-12-2-1-10(16)7-13(12)17-11-3-5-18-14(8-11)4-6-19-9-14/h1-2,7,11,17H,3-6,8-9H2. The summed E-state index contributed by atoms with van der Waals surface area (Å²) >= 11 is 8.06. The third-order valence-corrected chi connectivity index (χ3v) is 5.40. The van der Waals surface area contributed by atoms with E-state index in [-0.39, 0.29) is 11.4 Å². The van der Waals surface area contributed by atoms with Crippen molar-refractivity contribution in [1.82, 2.24) is 0 Å². The van der Waals surface area contributed by atoms with Gasteiger partial charge in [0.05, 0.1) is 16.3 Å². The minimum absolute atomic E-state index is 0.0282. The van der Waals surface area contributed by atoms with Crippen LogP contribution in [0.4, 0.5) is 10.1 Å². The molecular formula is C14H17ClFNOS. The van der Waals surface area contributed by atoms with E-state index in [9.17, 15) is 4.39 Å². The van der Waals surface area contributed by atoms with Crippen molar-refractivity contribution in [1.29, 1.82) is 0 Å². The van der Waals surface area contributed by atoms with Gasteiger partial charge in [-0.1, -0.05) is 11.6 Å². The first kappa shape index (κ1) is 13.5. The van der Waals surface area contributed by atoms with E-state index in [0.717, 1.165) is 31.6 Å². The van der Waals surface area contributed by atoms with Gasteiger partial charge in [-0.05, 0) is 43.2 Å². The maximum Gasteiger partial charge on any atom is 0.125 e. The molecule has 0 bridgehead atoms. The lowest BCUT2D eigenvalue weighted by Crippen LogP contribution is -2.44. The van der Waals surface area contributed by atoms with Crippen LogP contribution in [0.1, 0.15) is 19.3 Å². The van der Waals surface area contributed by atoms with E-state index in [1.54, 1.807) is 6.07 Å². The molecule has 0 amide bonds. The van der Waals surface area contributed by atoms with Crippen LogP contribution in [0, 0.1) is 5.82 Å². The molecule has 19 heavy (non-hydrogen) atoms. The molecule has 0 radical (unpaired) electrons. The molecule has 0 aliphatic carbocycles. The highest BCUT2D eigenvalue weighted by atomic mass is 35.5. The van der Waals surface area contributed by atoms with E-state index < -0.39 is 0 Å². The quantitative estimate of drug-likeness (QED) is 0.894. The zero-order valence-electron chi connectivity index (χ0n) is 10.6. The van der Waals surface area contributed by atoms with E-state index in [0.29, 0.717) is 16.8 Å². The molecule has 104 valence electrons. The van der Waals surface area contributed by atoms with Gasteiger partial charge in [0, 0.05) is 18.4 Å². The molecule has 1 aromatic rings. The van der Waals surface area contributed by atoms with E-state index in [4.69, 9.17) is 16.3 Å². The van der Waals surface area contributed by atoms with Crippen molar-refractivity contribution in [3.05, 3.63) is 29.0 Å². The average molecular weight is 302 g/mol. The smallest absolute Gasteiger partial charge is 0.125 e. The van der Waals surface area contributed by atoms with Gasteiger partial charge in [0.15, 0.2) is 0 Å². The van der Waals surface area contributed by atoms with E-state index in [1.165, 1.54) is 17.9 Å². The number of benzene rings is 1. The third kappa shape index (κ3) is 3.01. The van der Waals surface area contributed by atoms with Crippen molar-refractivity contribution in [2.24, 2.45) is 0 Å².